The minimum absolute atomic E-state index is 0.00939. The Morgan fingerprint density at radius 2 is 2.11 bits per heavy atom. The van der Waals surface area contributed by atoms with Crippen LogP contribution in [0, 0.1) is 24.2 Å². The van der Waals surface area contributed by atoms with Gasteiger partial charge in [-0.15, -0.1) is 0 Å². The van der Waals surface area contributed by atoms with E-state index in [1.54, 1.807) is 19.1 Å². The van der Waals surface area contributed by atoms with Gasteiger partial charge in [-0.05, 0) is 43.4 Å². The second-order valence-electron chi connectivity index (χ2n) is 5.23. The first-order chi connectivity index (χ1) is 8.94. The van der Waals surface area contributed by atoms with Crippen molar-refractivity contribution in [1.29, 1.82) is 5.26 Å². The largest absolute Gasteiger partial charge is 0.241 e. The molecule has 1 aromatic carbocycles. The van der Waals surface area contributed by atoms with Gasteiger partial charge >= 0.3 is 0 Å². The quantitative estimate of drug-likeness (QED) is 0.922. The third kappa shape index (κ3) is 2.96. The second kappa shape index (κ2) is 5.32. The first-order valence-electron chi connectivity index (χ1n) is 6.47. The van der Waals surface area contributed by atoms with Crippen molar-refractivity contribution in [3.63, 3.8) is 0 Å². The summed E-state index contributed by atoms with van der Waals surface area (Å²) in [7, 11) is -3.54. The van der Waals surface area contributed by atoms with E-state index in [0.29, 0.717) is 17.0 Å². The SMILES string of the molecule is Cc1ccc(C#N)cc1S(=O)(=O)NC1CCCC1C. The number of aryl methyl sites for hydroxylation is 1. The van der Waals surface area contributed by atoms with E-state index >= 15 is 0 Å². The second-order valence-corrected chi connectivity index (χ2v) is 6.91. The fraction of sp³-hybridized carbons (Fsp3) is 0.500. The molecule has 2 rings (SSSR count). The fourth-order valence-corrected chi connectivity index (χ4v) is 4.19. The maximum atomic E-state index is 12.4. The first-order valence-corrected chi connectivity index (χ1v) is 7.95. The van der Waals surface area contributed by atoms with E-state index in [1.165, 1.54) is 6.07 Å². The van der Waals surface area contributed by atoms with Crippen LogP contribution >= 0.6 is 0 Å². The van der Waals surface area contributed by atoms with Gasteiger partial charge in [0.2, 0.25) is 10.0 Å². The predicted molar refractivity (Wildman–Crippen MR) is 73.0 cm³/mol. The summed E-state index contributed by atoms with van der Waals surface area (Å²) in [5.41, 5.74) is 1.03. The molecule has 2 atom stereocenters. The standard InChI is InChI=1S/C14H18N2O2S/c1-10-4-3-5-13(10)16-19(17,18)14-8-12(9-15)7-6-11(14)2/h6-8,10,13,16H,3-5H2,1-2H3. The lowest BCUT2D eigenvalue weighted by atomic mass is 10.1. The van der Waals surface area contributed by atoms with Gasteiger partial charge in [0.05, 0.1) is 16.5 Å². The van der Waals surface area contributed by atoms with Crippen LogP contribution in [0.2, 0.25) is 0 Å². The van der Waals surface area contributed by atoms with E-state index in [9.17, 15) is 8.42 Å². The number of hydrogen-bond donors (Lipinski definition) is 1. The number of sulfonamides is 1. The first kappa shape index (κ1) is 14.0. The summed E-state index contributed by atoms with van der Waals surface area (Å²) in [6.07, 6.45) is 3.01. The van der Waals surface area contributed by atoms with Crippen molar-refractivity contribution in [3.8, 4) is 6.07 Å². The summed E-state index contributed by atoms with van der Waals surface area (Å²) in [4.78, 5) is 0.214. The minimum atomic E-state index is -3.54. The molecular formula is C14H18N2O2S. The van der Waals surface area contributed by atoms with Crippen molar-refractivity contribution in [2.24, 2.45) is 5.92 Å². The molecule has 1 N–H and O–H groups in total. The molecule has 0 amide bonds. The molecular weight excluding hydrogens is 260 g/mol. The van der Waals surface area contributed by atoms with Crippen LogP contribution < -0.4 is 4.72 Å². The Kier molecular flexibility index (Phi) is 3.93. The molecule has 102 valence electrons. The molecule has 2 unspecified atom stereocenters. The lowest BCUT2D eigenvalue weighted by Gasteiger charge is -2.18. The van der Waals surface area contributed by atoms with E-state index in [4.69, 9.17) is 5.26 Å². The van der Waals surface area contributed by atoms with Crippen LogP contribution in [0.3, 0.4) is 0 Å². The average molecular weight is 278 g/mol. The van der Waals surface area contributed by atoms with E-state index < -0.39 is 10.0 Å². The van der Waals surface area contributed by atoms with Crippen LogP contribution in [0.25, 0.3) is 0 Å². The number of nitriles is 1. The van der Waals surface area contributed by atoms with Gasteiger partial charge in [0.1, 0.15) is 0 Å². The van der Waals surface area contributed by atoms with Crippen LogP contribution in [0.1, 0.15) is 37.3 Å². The Hall–Kier alpha value is -1.38. The van der Waals surface area contributed by atoms with Crippen molar-refractivity contribution >= 4 is 10.0 Å². The van der Waals surface area contributed by atoms with E-state index in [-0.39, 0.29) is 10.9 Å². The number of nitrogens with zero attached hydrogens (tertiary/aromatic N) is 1. The maximum absolute atomic E-state index is 12.4. The highest BCUT2D eigenvalue weighted by molar-refractivity contribution is 7.89. The zero-order chi connectivity index (χ0) is 14.0. The fourth-order valence-electron chi connectivity index (χ4n) is 2.54. The molecule has 0 heterocycles. The van der Waals surface area contributed by atoms with Gasteiger partial charge in [-0.3, -0.25) is 0 Å². The normalized spacial score (nSPS) is 23.2. The Bertz CT molecular complexity index is 617. The van der Waals surface area contributed by atoms with E-state index in [2.05, 4.69) is 11.6 Å². The minimum Gasteiger partial charge on any atom is -0.208 e. The summed E-state index contributed by atoms with van der Waals surface area (Å²) in [6, 6.07) is 6.73. The Labute approximate surface area is 114 Å². The van der Waals surface area contributed by atoms with Crippen molar-refractivity contribution in [3.05, 3.63) is 29.3 Å². The van der Waals surface area contributed by atoms with Crippen molar-refractivity contribution in [2.45, 2.75) is 44.0 Å². The zero-order valence-electron chi connectivity index (χ0n) is 11.2. The summed E-state index contributed by atoms with van der Waals surface area (Å²) in [5.74, 6) is 0.370. The average Bonchev–Trinajstić information content (AvgIpc) is 2.75. The molecule has 1 saturated carbocycles. The van der Waals surface area contributed by atoms with Gasteiger partial charge in [-0.25, -0.2) is 13.1 Å². The Morgan fingerprint density at radius 3 is 2.68 bits per heavy atom. The third-order valence-electron chi connectivity index (χ3n) is 3.77. The highest BCUT2D eigenvalue weighted by Gasteiger charge is 2.29. The Morgan fingerprint density at radius 1 is 1.37 bits per heavy atom. The molecule has 0 aliphatic heterocycles. The van der Waals surface area contributed by atoms with Gasteiger partial charge in [0, 0.05) is 6.04 Å². The molecule has 4 nitrogen and oxygen atoms in total. The highest BCUT2D eigenvalue weighted by Crippen LogP contribution is 2.27. The molecule has 1 aliphatic carbocycles. The molecule has 0 aromatic heterocycles. The van der Waals surface area contributed by atoms with Gasteiger partial charge in [0.25, 0.3) is 0 Å². The van der Waals surface area contributed by atoms with Gasteiger partial charge < -0.3 is 0 Å². The van der Waals surface area contributed by atoms with Crippen molar-refractivity contribution in [2.75, 3.05) is 0 Å². The monoisotopic (exact) mass is 278 g/mol. The number of hydrogen-bond acceptors (Lipinski definition) is 3. The molecule has 0 bridgehead atoms. The van der Waals surface area contributed by atoms with Crippen LogP contribution in [0.4, 0.5) is 0 Å². The van der Waals surface area contributed by atoms with Crippen LogP contribution in [0.5, 0.6) is 0 Å². The van der Waals surface area contributed by atoms with Crippen molar-refractivity contribution in [1.82, 2.24) is 4.72 Å². The Balaban J connectivity index is 2.32. The third-order valence-corrected chi connectivity index (χ3v) is 5.41. The molecule has 0 radical (unpaired) electrons. The van der Waals surface area contributed by atoms with E-state index in [1.807, 2.05) is 6.07 Å². The van der Waals surface area contributed by atoms with Crippen LogP contribution in [-0.2, 0) is 10.0 Å². The summed E-state index contributed by atoms with van der Waals surface area (Å²) in [6.45, 7) is 3.81. The smallest absolute Gasteiger partial charge is 0.208 e. The number of benzene rings is 1. The number of nitrogens with one attached hydrogen (secondary N) is 1. The topological polar surface area (TPSA) is 70.0 Å². The molecule has 0 spiro atoms. The van der Waals surface area contributed by atoms with Gasteiger partial charge in [-0.2, -0.15) is 5.26 Å². The van der Waals surface area contributed by atoms with Crippen LogP contribution in [0.15, 0.2) is 23.1 Å². The van der Waals surface area contributed by atoms with Crippen molar-refractivity contribution < 1.29 is 8.42 Å². The van der Waals surface area contributed by atoms with Crippen LogP contribution in [-0.4, -0.2) is 14.5 Å². The molecule has 1 aromatic rings. The molecule has 1 fully saturated rings. The number of rotatable bonds is 3. The molecule has 1 aliphatic rings. The molecule has 5 heteroatoms. The highest BCUT2D eigenvalue weighted by atomic mass is 32.2. The molecule has 0 saturated heterocycles. The summed E-state index contributed by atoms with van der Waals surface area (Å²) in [5, 5.41) is 8.88. The molecule has 19 heavy (non-hydrogen) atoms. The van der Waals surface area contributed by atoms with Gasteiger partial charge in [-0.1, -0.05) is 19.4 Å². The maximum Gasteiger partial charge on any atom is 0.241 e. The zero-order valence-corrected chi connectivity index (χ0v) is 12.0. The summed E-state index contributed by atoms with van der Waals surface area (Å²) >= 11 is 0. The predicted octanol–water partition coefficient (Wildman–Crippen LogP) is 2.33. The summed E-state index contributed by atoms with van der Waals surface area (Å²) < 4.78 is 27.6. The lowest BCUT2D eigenvalue weighted by Crippen LogP contribution is -2.36. The van der Waals surface area contributed by atoms with E-state index in [0.717, 1.165) is 19.3 Å². The lowest BCUT2D eigenvalue weighted by molar-refractivity contribution is 0.476. The van der Waals surface area contributed by atoms with Gasteiger partial charge in [0.15, 0.2) is 0 Å².